The van der Waals surface area contributed by atoms with Crippen molar-refractivity contribution in [3.8, 4) is 0 Å². The van der Waals surface area contributed by atoms with Gasteiger partial charge in [0.25, 0.3) is 0 Å². The molecule has 4 heteroatoms. The zero-order valence-electron chi connectivity index (χ0n) is 27.0. The van der Waals surface area contributed by atoms with Gasteiger partial charge in [-0.2, -0.15) is 0 Å². The molecule has 0 aliphatic heterocycles. The molecule has 8 aliphatic carbocycles. The van der Waals surface area contributed by atoms with Crippen molar-refractivity contribution in [2.75, 3.05) is 0 Å². The molecule has 5 unspecified atom stereocenters. The predicted molar refractivity (Wildman–Crippen MR) is 163 cm³/mol. The number of aliphatic hydroxyl groups is 2. The first-order valence-corrected chi connectivity index (χ1v) is 18.3. The van der Waals surface area contributed by atoms with Gasteiger partial charge in [0.2, 0.25) is 0 Å². The van der Waals surface area contributed by atoms with Crippen molar-refractivity contribution < 1.29 is 19.8 Å². The van der Waals surface area contributed by atoms with Gasteiger partial charge in [-0.3, -0.25) is 9.59 Å². The SMILES string of the molecule is C[C@]12C(CC[C@@H]3[C@@H]1CC[C@]1(C)[C@@H](O)CC[C@@H]31)CC(=O)CC2C1CC[C@H]2[C@@H]3CCC4CC(O)C(=O)C[C@]4(C)[C@@H]3CC[C@]12C. The maximum absolute atomic E-state index is 13.5. The lowest BCUT2D eigenvalue weighted by Crippen LogP contribution is -2.60. The molecular formula is C38H58O4. The van der Waals surface area contributed by atoms with E-state index in [0.717, 1.165) is 31.1 Å². The number of hydrogen-bond acceptors (Lipinski definition) is 4. The summed E-state index contributed by atoms with van der Waals surface area (Å²) in [4.78, 5) is 26.3. The van der Waals surface area contributed by atoms with Gasteiger partial charge in [0.05, 0.1) is 6.10 Å². The second kappa shape index (κ2) is 9.40. The largest absolute Gasteiger partial charge is 0.393 e. The van der Waals surface area contributed by atoms with Crippen LogP contribution in [-0.2, 0) is 9.59 Å². The van der Waals surface area contributed by atoms with Crippen molar-refractivity contribution in [1.82, 2.24) is 0 Å². The Balaban J connectivity index is 1.10. The highest BCUT2D eigenvalue weighted by Gasteiger charge is 2.67. The van der Waals surface area contributed by atoms with E-state index in [0.29, 0.717) is 71.4 Å². The molecule has 0 saturated heterocycles. The lowest BCUT2D eigenvalue weighted by Gasteiger charge is -2.65. The van der Waals surface area contributed by atoms with E-state index in [1.807, 2.05) is 0 Å². The second-order valence-electron chi connectivity index (χ2n) is 18.5. The molecule has 234 valence electrons. The van der Waals surface area contributed by atoms with Crippen molar-refractivity contribution in [2.45, 2.75) is 143 Å². The molecular weight excluding hydrogens is 520 g/mol. The smallest absolute Gasteiger partial charge is 0.161 e. The van der Waals surface area contributed by atoms with Crippen LogP contribution in [-0.4, -0.2) is 34.0 Å². The quantitative estimate of drug-likeness (QED) is 0.340. The van der Waals surface area contributed by atoms with E-state index in [2.05, 4.69) is 27.7 Å². The number of Topliss-reactive ketones (excluding diaryl/α,β-unsaturated/α-hetero) is 2. The van der Waals surface area contributed by atoms with Gasteiger partial charge in [-0.15, -0.1) is 0 Å². The summed E-state index contributed by atoms with van der Waals surface area (Å²) in [7, 11) is 0. The second-order valence-corrected chi connectivity index (χ2v) is 18.5. The molecule has 0 aromatic rings. The third-order valence-electron chi connectivity index (χ3n) is 17.7. The van der Waals surface area contributed by atoms with E-state index >= 15 is 0 Å². The maximum atomic E-state index is 13.5. The Morgan fingerprint density at radius 1 is 0.571 bits per heavy atom. The molecule has 16 atom stereocenters. The highest BCUT2D eigenvalue weighted by molar-refractivity contribution is 5.84. The molecule has 0 amide bonds. The van der Waals surface area contributed by atoms with Crippen LogP contribution in [0.25, 0.3) is 0 Å². The molecule has 4 nitrogen and oxygen atoms in total. The predicted octanol–water partition coefficient (Wildman–Crippen LogP) is 7.38. The van der Waals surface area contributed by atoms with Crippen molar-refractivity contribution in [2.24, 2.45) is 80.8 Å². The summed E-state index contributed by atoms with van der Waals surface area (Å²) in [5, 5.41) is 21.4. The fraction of sp³-hybridized carbons (Fsp3) is 0.947. The fourth-order valence-electron chi connectivity index (χ4n) is 15.5. The number of fused-ring (bicyclic) bond motifs is 10. The molecule has 8 aliphatic rings. The van der Waals surface area contributed by atoms with E-state index in [1.54, 1.807) is 0 Å². The first kappa shape index (κ1) is 28.7. The van der Waals surface area contributed by atoms with Crippen LogP contribution in [0.2, 0.25) is 0 Å². The van der Waals surface area contributed by atoms with Gasteiger partial charge in [0.1, 0.15) is 11.9 Å². The van der Waals surface area contributed by atoms with Crippen LogP contribution < -0.4 is 0 Å². The van der Waals surface area contributed by atoms with Crippen molar-refractivity contribution in [3.05, 3.63) is 0 Å². The standard InChI is InChI=1S/C38H58O4/c1-35-15-13-28-24(7-5-21-18-32(40)33(41)20-37(21,28)3)26(35)9-10-30(35)31-19-23(39)17-22-6-8-25-27-11-12-34(42)36(27,2)16-14-29(25)38(22,31)4/h21-22,24-32,34,40,42H,5-20H2,1-4H3/t21?,22?,24-,25-,26-,27-,28+,29-,30?,31?,32?,34-,35-,36-,37-,38-/m0/s1. The van der Waals surface area contributed by atoms with Gasteiger partial charge < -0.3 is 10.2 Å². The molecule has 0 spiro atoms. The molecule has 0 aromatic carbocycles. The lowest BCUT2D eigenvalue weighted by molar-refractivity contribution is -0.179. The molecule has 8 rings (SSSR count). The van der Waals surface area contributed by atoms with Crippen LogP contribution in [0.15, 0.2) is 0 Å². The van der Waals surface area contributed by atoms with E-state index in [1.165, 1.54) is 70.6 Å². The molecule has 0 aromatic heterocycles. The Morgan fingerprint density at radius 3 is 1.95 bits per heavy atom. The minimum absolute atomic E-state index is 0.0632. The number of carbonyl (C=O) groups is 2. The van der Waals surface area contributed by atoms with E-state index in [-0.39, 0.29) is 28.1 Å². The van der Waals surface area contributed by atoms with Crippen molar-refractivity contribution >= 4 is 11.6 Å². The van der Waals surface area contributed by atoms with Crippen LogP contribution in [0.3, 0.4) is 0 Å². The summed E-state index contributed by atoms with van der Waals surface area (Å²) in [6.45, 7) is 10.1. The highest BCUT2D eigenvalue weighted by atomic mass is 16.3. The van der Waals surface area contributed by atoms with Crippen LogP contribution in [0.5, 0.6) is 0 Å². The Kier molecular flexibility index (Phi) is 6.43. The van der Waals surface area contributed by atoms with Gasteiger partial charge in [0.15, 0.2) is 5.78 Å². The lowest BCUT2D eigenvalue weighted by atomic mass is 9.39. The summed E-state index contributed by atoms with van der Waals surface area (Å²) >= 11 is 0. The summed E-state index contributed by atoms with van der Waals surface area (Å²) < 4.78 is 0. The number of hydrogen-bond donors (Lipinski definition) is 2. The van der Waals surface area contributed by atoms with Crippen LogP contribution >= 0.6 is 0 Å². The van der Waals surface area contributed by atoms with E-state index < -0.39 is 6.10 Å². The number of carbonyl (C=O) groups excluding carboxylic acids is 2. The number of rotatable bonds is 1. The zero-order valence-corrected chi connectivity index (χ0v) is 27.0. The summed E-state index contributed by atoms with van der Waals surface area (Å²) in [5.41, 5.74) is 0.727. The van der Waals surface area contributed by atoms with Gasteiger partial charge in [-0.05, 0) is 164 Å². The van der Waals surface area contributed by atoms with Crippen molar-refractivity contribution in [3.63, 3.8) is 0 Å². The molecule has 0 bridgehead atoms. The average molecular weight is 579 g/mol. The third-order valence-corrected chi connectivity index (χ3v) is 17.7. The highest BCUT2D eigenvalue weighted by Crippen LogP contribution is 2.73. The zero-order chi connectivity index (χ0) is 29.4. The molecule has 0 heterocycles. The molecule has 8 fully saturated rings. The normalized spacial score (nSPS) is 60.5. The first-order valence-electron chi connectivity index (χ1n) is 18.3. The average Bonchev–Trinajstić information content (AvgIpc) is 3.45. The molecule has 2 N–H and O–H groups in total. The van der Waals surface area contributed by atoms with Gasteiger partial charge in [0, 0.05) is 19.3 Å². The van der Waals surface area contributed by atoms with Crippen molar-refractivity contribution in [1.29, 1.82) is 0 Å². The Bertz CT molecular complexity index is 1150. The van der Waals surface area contributed by atoms with Crippen LogP contribution in [0, 0.1) is 80.8 Å². The Morgan fingerprint density at radius 2 is 1.17 bits per heavy atom. The summed E-state index contributed by atoms with van der Waals surface area (Å²) in [6.07, 6.45) is 16.7. The minimum Gasteiger partial charge on any atom is -0.393 e. The van der Waals surface area contributed by atoms with E-state index in [9.17, 15) is 19.8 Å². The monoisotopic (exact) mass is 578 g/mol. The molecule has 42 heavy (non-hydrogen) atoms. The minimum atomic E-state index is -0.730. The van der Waals surface area contributed by atoms with Gasteiger partial charge in [-0.25, -0.2) is 0 Å². The number of ketones is 2. The third kappa shape index (κ3) is 3.61. The van der Waals surface area contributed by atoms with Gasteiger partial charge >= 0.3 is 0 Å². The van der Waals surface area contributed by atoms with Gasteiger partial charge in [-0.1, -0.05) is 27.7 Å². The van der Waals surface area contributed by atoms with Crippen LogP contribution in [0.1, 0.15) is 130 Å². The fourth-order valence-corrected chi connectivity index (χ4v) is 15.5. The Hall–Kier alpha value is -0.740. The van der Waals surface area contributed by atoms with Crippen LogP contribution in [0.4, 0.5) is 0 Å². The maximum Gasteiger partial charge on any atom is 0.161 e. The summed E-state index contributed by atoms with van der Waals surface area (Å²) in [6, 6.07) is 0. The number of aliphatic hydroxyl groups excluding tert-OH is 2. The molecule has 8 saturated carbocycles. The first-order chi connectivity index (χ1) is 19.9. The molecule has 0 radical (unpaired) electrons. The van der Waals surface area contributed by atoms with E-state index in [4.69, 9.17) is 0 Å². The Labute approximate surface area is 254 Å². The summed E-state index contributed by atoms with van der Waals surface area (Å²) in [5.74, 6) is 6.99. The topological polar surface area (TPSA) is 74.6 Å².